The molecule has 0 aliphatic rings. The molecule has 112 valence electrons. The first-order valence-corrected chi connectivity index (χ1v) is 6.67. The SMILES string of the molecule is Nc1ccccc1OCC(O)COc1ccc(F)c(Cl)c1. The molecule has 0 fully saturated rings. The molecule has 4 nitrogen and oxygen atoms in total. The molecule has 3 N–H and O–H groups in total. The Balaban J connectivity index is 1.81. The first kappa shape index (κ1) is 15.4. The van der Waals surface area contributed by atoms with Gasteiger partial charge in [-0.3, -0.25) is 0 Å². The van der Waals surface area contributed by atoms with Gasteiger partial charge in [-0.05, 0) is 24.3 Å². The van der Waals surface area contributed by atoms with Crippen LogP contribution < -0.4 is 15.2 Å². The quantitative estimate of drug-likeness (QED) is 0.805. The minimum Gasteiger partial charge on any atom is -0.491 e. The average Bonchev–Trinajstić information content (AvgIpc) is 2.47. The van der Waals surface area contributed by atoms with E-state index in [0.717, 1.165) is 0 Å². The number of benzene rings is 2. The first-order valence-electron chi connectivity index (χ1n) is 6.29. The van der Waals surface area contributed by atoms with E-state index < -0.39 is 11.9 Å². The van der Waals surface area contributed by atoms with Crippen LogP contribution in [0.15, 0.2) is 42.5 Å². The molecule has 0 radical (unpaired) electrons. The minimum absolute atomic E-state index is 0.00526. The topological polar surface area (TPSA) is 64.7 Å². The van der Waals surface area contributed by atoms with Gasteiger partial charge in [0.15, 0.2) is 0 Å². The van der Waals surface area contributed by atoms with Crippen molar-refractivity contribution in [2.75, 3.05) is 18.9 Å². The van der Waals surface area contributed by atoms with E-state index in [1.165, 1.54) is 18.2 Å². The molecule has 2 rings (SSSR count). The number of hydrogen-bond acceptors (Lipinski definition) is 4. The third kappa shape index (κ3) is 4.51. The number of nitrogens with two attached hydrogens (primary N) is 1. The van der Waals surface area contributed by atoms with Gasteiger partial charge in [0.05, 0.1) is 10.7 Å². The Morgan fingerprint density at radius 3 is 2.57 bits per heavy atom. The van der Waals surface area contributed by atoms with Gasteiger partial charge >= 0.3 is 0 Å². The highest BCUT2D eigenvalue weighted by Crippen LogP contribution is 2.22. The van der Waals surface area contributed by atoms with Gasteiger partial charge in [-0.25, -0.2) is 4.39 Å². The molecule has 0 aromatic heterocycles. The summed E-state index contributed by atoms with van der Waals surface area (Å²) in [5.74, 6) is 0.355. The van der Waals surface area contributed by atoms with Gasteiger partial charge in [-0.1, -0.05) is 23.7 Å². The maximum Gasteiger partial charge on any atom is 0.142 e. The second-order valence-electron chi connectivity index (χ2n) is 4.39. The van der Waals surface area contributed by atoms with Crippen LogP contribution in [0.4, 0.5) is 10.1 Å². The lowest BCUT2D eigenvalue weighted by Crippen LogP contribution is -2.25. The van der Waals surface area contributed by atoms with Crippen LogP contribution in [0.5, 0.6) is 11.5 Å². The molecule has 2 aromatic carbocycles. The lowest BCUT2D eigenvalue weighted by molar-refractivity contribution is 0.0629. The van der Waals surface area contributed by atoms with Crippen LogP contribution in [0, 0.1) is 5.82 Å². The van der Waals surface area contributed by atoms with Crippen LogP contribution >= 0.6 is 11.6 Å². The predicted octanol–water partition coefficient (Wildman–Crippen LogP) is 2.88. The van der Waals surface area contributed by atoms with Crippen molar-refractivity contribution in [1.82, 2.24) is 0 Å². The van der Waals surface area contributed by atoms with Crippen molar-refractivity contribution in [2.24, 2.45) is 0 Å². The molecule has 0 heterocycles. The zero-order valence-corrected chi connectivity index (χ0v) is 11.9. The van der Waals surface area contributed by atoms with Gasteiger partial charge in [-0.15, -0.1) is 0 Å². The molecule has 0 bridgehead atoms. The van der Waals surface area contributed by atoms with E-state index in [4.69, 9.17) is 26.8 Å². The van der Waals surface area contributed by atoms with Crippen molar-refractivity contribution in [3.05, 3.63) is 53.3 Å². The highest BCUT2D eigenvalue weighted by molar-refractivity contribution is 6.30. The Bertz CT molecular complexity index is 609. The normalized spacial score (nSPS) is 12.0. The molecule has 1 unspecified atom stereocenters. The highest BCUT2D eigenvalue weighted by atomic mass is 35.5. The summed E-state index contributed by atoms with van der Waals surface area (Å²) >= 11 is 5.63. The van der Waals surface area contributed by atoms with Crippen LogP contribution in [0.2, 0.25) is 5.02 Å². The summed E-state index contributed by atoms with van der Waals surface area (Å²) in [5, 5.41) is 9.76. The molecule has 0 amide bonds. The summed E-state index contributed by atoms with van der Waals surface area (Å²) in [6.07, 6.45) is -0.853. The average molecular weight is 312 g/mol. The molecular weight excluding hydrogens is 297 g/mol. The molecule has 0 aliphatic carbocycles. The molecule has 1 atom stereocenters. The van der Waals surface area contributed by atoms with E-state index in [9.17, 15) is 9.50 Å². The fourth-order valence-electron chi connectivity index (χ4n) is 1.61. The van der Waals surface area contributed by atoms with Gasteiger partial charge in [0, 0.05) is 6.07 Å². The maximum atomic E-state index is 13.0. The molecule has 6 heteroatoms. The van der Waals surface area contributed by atoms with Crippen molar-refractivity contribution in [3.8, 4) is 11.5 Å². The van der Waals surface area contributed by atoms with Crippen molar-refractivity contribution in [1.29, 1.82) is 0 Å². The number of nitrogen functional groups attached to an aromatic ring is 1. The molecule has 0 saturated carbocycles. The Morgan fingerprint density at radius 2 is 1.86 bits per heavy atom. The summed E-state index contributed by atoms with van der Waals surface area (Å²) in [6, 6.07) is 11.0. The molecule has 0 spiro atoms. The monoisotopic (exact) mass is 311 g/mol. The van der Waals surface area contributed by atoms with Gasteiger partial charge < -0.3 is 20.3 Å². The van der Waals surface area contributed by atoms with Crippen LogP contribution in [-0.4, -0.2) is 24.4 Å². The number of ether oxygens (including phenoxy) is 2. The number of hydrogen-bond donors (Lipinski definition) is 2. The van der Waals surface area contributed by atoms with E-state index >= 15 is 0 Å². The number of para-hydroxylation sites is 2. The molecule has 2 aromatic rings. The summed E-state index contributed by atoms with van der Waals surface area (Å²) in [7, 11) is 0. The molecule has 0 aliphatic heterocycles. The van der Waals surface area contributed by atoms with Gasteiger partial charge in [0.1, 0.15) is 36.6 Å². The van der Waals surface area contributed by atoms with Gasteiger partial charge in [0.2, 0.25) is 0 Å². The van der Waals surface area contributed by atoms with Crippen molar-refractivity contribution < 1.29 is 19.0 Å². The Hall–Kier alpha value is -1.98. The summed E-state index contributed by atoms with van der Waals surface area (Å²) < 4.78 is 23.7. The number of rotatable bonds is 6. The summed E-state index contributed by atoms with van der Waals surface area (Å²) in [4.78, 5) is 0. The first-order chi connectivity index (χ1) is 10.1. The van der Waals surface area contributed by atoms with Crippen molar-refractivity contribution in [3.63, 3.8) is 0 Å². The van der Waals surface area contributed by atoms with Crippen molar-refractivity contribution in [2.45, 2.75) is 6.10 Å². The predicted molar refractivity (Wildman–Crippen MR) is 79.3 cm³/mol. The lowest BCUT2D eigenvalue weighted by Gasteiger charge is -2.14. The zero-order valence-electron chi connectivity index (χ0n) is 11.1. The Labute approximate surface area is 126 Å². The fourth-order valence-corrected chi connectivity index (χ4v) is 1.78. The van der Waals surface area contributed by atoms with Crippen LogP contribution in [-0.2, 0) is 0 Å². The van der Waals surface area contributed by atoms with E-state index in [1.54, 1.807) is 24.3 Å². The zero-order chi connectivity index (χ0) is 15.2. The van der Waals surface area contributed by atoms with Crippen LogP contribution in [0.3, 0.4) is 0 Å². The van der Waals surface area contributed by atoms with Gasteiger partial charge in [-0.2, -0.15) is 0 Å². The Kier molecular flexibility index (Phi) is 5.25. The van der Waals surface area contributed by atoms with E-state index in [0.29, 0.717) is 17.2 Å². The standard InChI is InChI=1S/C15H15ClFNO3/c16-12-7-11(5-6-13(12)17)20-8-10(19)9-21-15-4-2-1-3-14(15)18/h1-7,10,19H,8-9,18H2. The number of aliphatic hydroxyl groups is 1. The Morgan fingerprint density at radius 1 is 1.14 bits per heavy atom. The van der Waals surface area contributed by atoms with Crippen LogP contribution in [0.25, 0.3) is 0 Å². The van der Waals surface area contributed by atoms with E-state index in [2.05, 4.69) is 0 Å². The molecule has 21 heavy (non-hydrogen) atoms. The summed E-state index contributed by atoms with van der Waals surface area (Å²) in [5.41, 5.74) is 6.21. The summed E-state index contributed by atoms with van der Waals surface area (Å²) in [6.45, 7) is 0.0256. The van der Waals surface area contributed by atoms with Crippen molar-refractivity contribution >= 4 is 17.3 Å². The molecular formula is C15H15ClFNO3. The van der Waals surface area contributed by atoms with Crippen LogP contribution in [0.1, 0.15) is 0 Å². The van der Waals surface area contributed by atoms with E-state index in [-0.39, 0.29) is 18.2 Å². The highest BCUT2D eigenvalue weighted by Gasteiger charge is 2.09. The maximum absolute atomic E-state index is 13.0. The van der Waals surface area contributed by atoms with E-state index in [1.807, 2.05) is 0 Å². The number of aliphatic hydroxyl groups excluding tert-OH is 1. The second-order valence-corrected chi connectivity index (χ2v) is 4.80. The smallest absolute Gasteiger partial charge is 0.142 e. The number of halogens is 2. The number of anilines is 1. The second kappa shape index (κ2) is 7.15. The lowest BCUT2D eigenvalue weighted by atomic mass is 10.3. The largest absolute Gasteiger partial charge is 0.491 e. The van der Waals surface area contributed by atoms with Gasteiger partial charge in [0.25, 0.3) is 0 Å². The molecule has 0 saturated heterocycles. The fraction of sp³-hybridized carbons (Fsp3) is 0.200. The third-order valence-electron chi connectivity index (χ3n) is 2.68. The minimum atomic E-state index is -0.853. The third-order valence-corrected chi connectivity index (χ3v) is 2.97.